The van der Waals surface area contributed by atoms with E-state index in [2.05, 4.69) is 38.1 Å². The van der Waals surface area contributed by atoms with Crippen molar-refractivity contribution in [2.45, 2.75) is 52.4 Å². The minimum absolute atomic E-state index is 0.00460. The number of hydrogen-bond acceptors (Lipinski definition) is 0. The quantitative estimate of drug-likeness (QED) is 0.623. The molecule has 2 rings (SSSR count). The van der Waals surface area contributed by atoms with Gasteiger partial charge in [0, 0.05) is 0 Å². The molecule has 0 N–H and O–H groups in total. The van der Waals surface area contributed by atoms with Crippen LogP contribution in [-0.2, 0) is 6.42 Å². The minimum atomic E-state index is -0.297. The maximum absolute atomic E-state index is 14.1. The molecule has 0 amide bonds. The summed E-state index contributed by atoms with van der Waals surface area (Å²) in [5, 5.41) is 0. The van der Waals surface area contributed by atoms with Gasteiger partial charge in [-0.05, 0) is 60.4 Å². The van der Waals surface area contributed by atoms with Gasteiger partial charge < -0.3 is 0 Å². The number of halogens is 2. The summed E-state index contributed by atoms with van der Waals surface area (Å²) in [6.07, 6.45) is 1.36. The Morgan fingerprint density at radius 2 is 1.55 bits per heavy atom. The van der Waals surface area contributed by atoms with E-state index in [0.29, 0.717) is 23.5 Å². The van der Waals surface area contributed by atoms with Crippen LogP contribution in [0.5, 0.6) is 0 Å². The van der Waals surface area contributed by atoms with Gasteiger partial charge in [-0.25, -0.2) is 8.78 Å². The largest absolute Gasteiger partial charge is 0.207 e. The van der Waals surface area contributed by atoms with Crippen molar-refractivity contribution < 1.29 is 8.78 Å². The maximum atomic E-state index is 14.1. The van der Waals surface area contributed by atoms with Crippen LogP contribution in [0.4, 0.5) is 8.78 Å². The van der Waals surface area contributed by atoms with Crippen molar-refractivity contribution in [3.63, 3.8) is 0 Å². The van der Waals surface area contributed by atoms with Crippen LogP contribution in [0.25, 0.3) is 0 Å². The van der Waals surface area contributed by atoms with Crippen LogP contribution < -0.4 is 0 Å². The smallest absolute Gasteiger partial charge is 0.127 e. The lowest BCUT2D eigenvalue weighted by molar-refractivity contribution is 0.556. The Morgan fingerprint density at radius 1 is 0.909 bits per heavy atom. The van der Waals surface area contributed by atoms with Crippen molar-refractivity contribution in [2.75, 3.05) is 0 Å². The van der Waals surface area contributed by atoms with Crippen molar-refractivity contribution in [3.05, 3.63) is 70.3 Å². The number of benzene rings is 2. The van der Waals surface area contributed by atoms with Gasteiger partial charge in [-0.3, -0.25) is 0 Å². The van der Waals surface area contributed by atoms with Crippen LogP contribution in [0, 0.1) is 18.6 Å². The zero-order valence-corrected chi connectivity index (χ0v) is 13.8. The molecule has 1 atom stereocenters. The Labute approximate surface area is 132 Å². The summed E-state index contributed by atoms with van der Waals surface area (Å²) in [4.78, 5) is 0. The fourth-order valence-corrected chi connectivity index (χ4v) is 2.67. The Balaban J connectivity index is 2.08. The molecular weight excluding hydrogens is 278 g/mol. The van der Waals surface area contributed by atoms with Crippen LogP contribution in [-0.4, -0.2) is 0 Å². The van der Waals surface area contributed by atoms with Crippen LogP contribution in [0.15, 0.2) is 36.4 Å². The van der Waals surface area contributed by atoms with E-state index in [1.54, 1.807) is 0 Å². The summed E-state index contributed by atoms with van der Waals surface area (Å²) in [6, 6.07) is 11.1. The lowest BCUT2D eigenvalue weighted by atomic mass is 9.92. The highest BCUT2D eigenvalue weighted by Crippen LogP contribution is 2.26. The summed E-state index contributed by atoms with van der Waals surface area (Å²) in [7, 11) is 0. The molecule has 118 valence electrons. The van der Waals surface area contributed by atoms with E-state index in [4.69, 9.17) is 0 Å². The van der Waals surface area contributed by atoms with Gasteiger partial charge in [0.2, 0.25) is 0 Å². The molecule has 0 fully saturated rings. The van der Waals surface area contributed by atoms with Gasteiger partial charge in [0.1, 0.15) is 11.6 Å². The molecule has 22 heavy (non-hydrogen) atoms. The Kier molecular flexibility index (Phi) is 5.33. The van der Waals surface area contributed by atoms with E-state index >= 15 is 0 Å². The highest BCUT2D eigenvalue weighted by molar-refractivity contribution is 5.29. The van der Waals surface area contributed by atoms with E-state index in [9.17, 15) is 8.78 Å². The lowest BCUT2D eigenvalue weighted by Gasteiger charge is -2.14. The van der Waals surface area contributed by atoms with Crippen molar-refractivity contribution >= 4 is 0 Å². The molecular formula is C20H24F2. The molecule has 0 spiro atoms. The predicted molar refractivity (Wildman–Crippen MR) is 88.4 cm³/mol. The van der Waals surface area contributed by atoms with Gasteiger partial charge in [-0.15, -0.1) is 0 Å². The number of aryl methyl sites for hydroxylation is 2. The molecule has 1 unspecified atom stereocenters. The fourth-order valence-electron chi connectivity index (χ4n) is 2.67. The maximum Gasteiger partial charge on any atom is 0.127 e. The molecule has 2 aromatic carbocycles. The van der Waals surface area contributed by atoms with Crippen molar-refractivity contribution in [3.8, 4) is 0 Å². The summed E-state index contributed by atoms with van der Waals surface area (Å²) in [6.45, 7) is 7.93. The molecule has 0 saturated carbocycles. The molecule has 0 aliphatic heterocycles. The first-order valence-electron chi connectivity index (χ1n) is 7.93. The zero-order valence-electron chi connectivity index (χ0n) is 13.8. The van der Waals surface area contributed by atoms with Gasteiger partial charge in [-0.1, -0.05) is 50.6 Å². The third-order valence-electron chi connectivity index (χ3n) is 4.28. The van der Waals surface area contributed by atoms with E-state index in [1.807, 2.05) is 13.8 Å². The molecule has 2 aromatic rings. The Morgan fingerprint density at radius 3 is 2.14 bits per heavy atom. The average molecular weight is 302 g/mol. The van der Waals surface area contributed by atoms with Crippen LogP contribution in [0.2, 0.25) is 0 Å². The fraction of sp³-hybridized carbons (Fsp3) is 0.400. The van der Waals surface area contributed by atoms with Gasteiger partial charge in [0.05, 0.1) is 0 Å². The summed E-state index contributed by atoms with van der Waals surface area (Å²) >= 11 is 0. The third kappa shape index (κ3) is 3.94. The minimum Gasteiger partial charge on any atom is -0.207 e. The van der Waals surface area contributed by atoms with Crippen LogP contribution >= 0.6 is 0 Å². The number of hydrogen-bond donors (Lipinski definition) is 0. The van der Waals surface area contributed by atoms with Gasteiger partial charge in [0.15, 0.2) is 0 Å². The van der Waals surface area contributed by atoms with Crippen LogP contribution in [0.1, 0.15) is 61.3 Å². The normalized spacial score (nSPS) is 12.7. The zero-order chi connectivity index (χ0) is 16.3. The summed E-state index contributed by atoms with van der Waals surface area (Å²) in [5.74, 6) is -0.265. The van der Waals surface area contributed by atoms with Gasteiger partial charge >= 0.3 is 0 Å². The summed E-state index contributed by atoms with van der Waals surface area (Å²) in [5.41, 5.74) is 3.40. The average Bonchev–Trinajstić information content (AvgIpc) is 2.47. The lowest BCUT2D eigenvalue weighted by Crippen LogP contribution is -2.02. The molecule has 0 aliphatic carbocycles. The highest BCUT2D eigenvalue weighted by atomic mass is 19.1. The van der Waals surface area contributed by atoms with E-state index < -0.39 is 0 Å². The highest BCUT2D eigenvalue weighted by Gasteiger charge is 2.14. The Hall–Kier alpha value is -1.70. The van der Waals surface area contributed by atoms with Crippen molar-refractivity contribution in [1.82, 2.24) is 0 Å². The monoisotopic (exact) mass is 302 g/mol. The first kappa shape index (κ1) is 16.7. The topological polar surface area (TPSA) is 0 Å². The molecule has 2 heteroatoms. The van der Waals surface area contributed by atoms with Crippen molar-refractivity contribution in [1.29, 1.82) is 0 Å². The second-order valence-corrected chi connectivity index (χ2v) is 6.47. The van der Waals surface area contributed by atoms with E-state index in [-0.39, 0.29) is 17.6 Å². The standard InChI is InChI=1S/C20H24F2/c1-13(2)18-12-19(21)17(11-20(18)22)10-7-15(4)16-8-5-14(3)6-9-16/h5-6,8-9,11-13,15H,7,10H2,1-4H3. The second-order valence-electron chi connectivity index (χ2n) is 6.47. The first-order valence-corrected chi connectivity index (χ1v) is 7.93. The first-order chi connectivity index (χ1) is 10.4. The molecule has 0 aliphatic rings. The molecule has 0 heterocycles. The van der Waals surface area contributed by atoms with E-state index in [0.717, 1.165) is 6.42 Å². The molecule has 0 aromatic heterocycles. The molecule has 0 nitrogen and oxygen atoms in total. The second kappa shape index (κ2) is 7.04. The molecule has 0 bridgehead atoms. The number of rotatable bonds is 5. The predicted octanol–water partition coefficient (Wildman–Crippen LogP) is 6.13. The van der Waals surface area contributed by atoms with Gasteiger partial charge in [-0.2, -0.15) is 0 Å². The molecule has 0 radical (unpaired) electrons. The van der Waals surface area contributed by atoms with E-state index in [1.165, 1.54) is 23.3 Å². The van der Waals surface area contributed by atoms with Crippen molar-refractivity contribution in [2.24, 2.45) is 0 Å². The molecule has 0 saturated heterocycles. The van der Waals surface area contributed by atoms with Gasteiger partial charge in [0.25, 0.3) is 0 Å². The Bertz CT molecular complexity index is 627. The SMILES string of the molecule is Cc1ccc(C(C)CCc2cc(F)c(C(C)C)cc2F)cc1. The van der Waals surface area contributed by atoms with Crippen LogP contribution in [0.3, 0.4) is 0 Å². The summed E-state index contributed by atoms with van der Waals surface area (Å²) < 4.78 is 28.1. The third-order valence-corrected chi connectivity index (χ3v) is 4.28.